The first-order valence-corrected chi connectivity index (χ1v) is 8.35. The maximum absolute atomic E-state index is 14.1. The Hall–Kier alpha value is -0.990. The molecule has 8 heteroatoms. The van der Waals surface area contributed by atoms with Gasteiger partial charge in [-0.2, -0.15) is 0 Å². The van der Waals surface area contributed by atoms with E-state index in [1.54, 1.807) is 0 Å². The van der Waals surface area contributed by atoms with Crippen molar-refractivity contribution in [2.45, 2.75) is 30.7 Å². The molecule has 1 amide bonds. The van der Waals surface area contributed by atoms with Gasteiger partial charge in [0.25, 0.3) is 5.91 Å². The smallest absolute Gasteiger partial charge is 0.254 e. The molecular weight excluding hydrogens is 351 g/mol. The van der Waals surface area contributed by atoms with Crippen molar-refractivity contribution < 1.29 is 17.6 Å². The molecule has 1 aromatic rings. The zero-order valence-electron chi connectivity index (χ0n) is 10.7. The highest BCUT2D eigenvalue weighted by molar-refractivity contribution is 9.10. The van der Waals surface area contributed by atoms with Gasteiger partial charge in [-0.25, -0.2) is 17.9 Å². The quantitative estimate of drug-likeness (QED) is 0.856. The molecule has 0 spiro atoms. The molecule has 3 N–H and O–H groups in total. The molecular formula is C12H14BrFN2O3S. The topological polar surface area (TPSA) is 89.3 Å². The number of benzene rings is 1. The highest BCUT2D eigenvalue weighted by atomic mass is 79.9. The summed E-state index contributed by atoms with van der Waals surface area (Å²) in [5.74, 6) is -1.22. The average molecular weight is 365 g/mol. The predicted molar refractivity (Wildman–Crippen MR) is 75.1 cm³/mol. The second-order valence-corrected chi connectivity index (χ2v) is 7.50. The minimum atomic E-state index is -4.23. The number of carbonyl (C=O) groups is 1. The molecule has 0 heterocycles. The Bertz CT molecular complexity index is 657. The SMILES string of the molecule is CC1CC(NC(=O)c2cc(Br)cc(S(N)(=O)=O)c2F)C1. The van der Waals surface area contributed by atoms with Gasteiger partial charge in [0.05, 0.1) is 5.56 Å². The summed E-state index contributed by atoms with van der Waals surface area (Å²) in [7, 11) is -4.23. The van der Waals surface area contributed by atoms with Crippen LogP contribution in [0.2, 0.25) is 0 Å². The fourth-order valence-corrected chi connectivity index (χ4v) is 3.48. The minimum Gasteiger partial charge on any atom is -0.349 e. The van der Waals surface area contributed by atoms with Crippen molar-refractivity contribution in [3.8, 4) is 0 Å². The van der Waals surface area contributed by atoms with E-state index in [-0.39, 0.29) is 16.1 Å². The first-order chi connectivity index (χ1) is 9.18. The summed E-state index contributed by atoms with van der Waals surface area (Å²) >= 11 is 3.05. The summed E-state index contributed by atoms with van der Waals surface area (Å²) in [5.41, 5.74) is -0.331. The number of halogens is 2. The number of sulfonamides is 1. The van der Waals surface area contributed by atoms with E-state index < -0.39 is 26.6 Å². The van der Waals surface area contributed by atoms with Crippen LogP contribution in [0.15, 0.2) is 21.5 Å². The lowest BCUT2D eigenvalue weighted by Gasteiger charge is -2.33. The summed E-state index contributed by atoms with van der Waals surface area (Å²) in [6.07, 6.45) is 1.67. The molecule has 0 saturated heterocycles. The van der Waals surface area contributed by atoms with Crippen LogP contribution in [0.3, 0.4) is 0 Å². The van der Waals surface area contributed by atoms with E-state index in [0.717, 1.165) is 18.9 Å². The fourth-order valence-electron chi connectivity index (χ4n) is 2.22. The summed E-state index contributed by atoms with van der Waals surface area (Å²) in [4.78, 5) is 11.3. The van der Waals surface area contributed by atoms with Gasteiger partial charge in [-0.05, 0) is 30.9 Å². The van der Waals surface area contributed by atoms with Crippen molar-refractivity contribution in [3.05, 3.63) is 28.0 Å². The zero-order valence-corrected chi connectivity index (χ0v) is 13.1. The molecule has 1 fully saturated rings. The Balaban J connectivity index is 2.32. The van der Waals surface area contributed by atoms with E-state index in [1.165, 1.54) is 6.07 Å². The van der Waals surface area contributed by atoms with Gasteiger partial charge in [0.1, 0.15) is 4.90 Å². The van der Waals surface area contributed by atoms with Gasteiger partial charge < -0.3 is 5.32 Å². The molecule has 1 aliphatic rings. The number of amides is 1. The van der Waals surface area contributed by atoms with Crippen LogP contribution in [0.5, 0.6) is 0 Å². The number of nitrogens with two attached hydrogens (primary N) is 1. The van der Waals surface area contributed by atoms with Crippen molar-refractivity contribution in [3.63, 3.8) is 0 Å². The van der Waals surface area contributed by atoms with Crippen LogP contribution in [0, 0.1) is 11.7 Å². The van der Waals surface area contributed by atoms with E-state index in [0.29, 0.717) is 5.92 Å². The van der Waals surface area contributed by atoms with E-state index >= 15 is 0 Å². The lowest BCUT2D eigenvalue weighted by Crippen LogP contribution is -2.43. The van der Waals surface area contributed by atoms with Crippen LogP contribution in [0.4, 0.5) is 4.39 Å². The Morgan fingerprint density at radius 1 is 1.45 bits per heavy atom. The third kappa shape index (κ3) is 3.18. The molecule has 0 aliphatic heterocycles. The Morgan fingerprint density at radius 3 is 2.55 bits per heavy atom. The standard InChI is InChI=1S/C12H14BrFN2O3S/c1-6-2-8(3-6)16-12(17)9-4-7(13)5-10(11(9)14)20(15,18)19/h4-6,8H,2-3H2,1H3,(H,16,17)(H2,15,18,19). The molecule has 5 nitrogen and oxygen atoms in total. The molecule has 0 bridgehead atoms. The molecule has 2 rings (SSSR count). The lowest BCUT2D eigenvalue weighted by molar-refractivity contribution is 0.0891. The summed E-state index contributed by atoms with van der Waals surface area (Å²) < 4.78 is 37.0. The Labute approximate surface area is 124 Å². The van der Waals surface area contributed by atoms with Gasteiger partial charge in [-0.3, -0.25) is 4.79 Å². The number of hydrogen-bond donors (Lipinski definition) is 2. The third-order valence-corrected chi connectivity index (χ3v) is 4.63. The normalized spacial score (nSPS) is 22.2. The molecule has 110 valence electrons. The van der Waals surface area contributed by atoms with Gasteiger partial charge >= 0.3 is 0 Å². The molecule has 1 aromatic carbocycles. The van der Waals surface area contributed by atoms with Gasteiger partial charge in [0.2, 0.25) is 10.0 Å². The van der Waals surface area contributed by atoms with E-state index in [1.807, 2.05) is 0 Å². The van der Waals surface area contributed by atoms with Crippen LogP contribution >= 0.6 is 15.9 Å². The molecule has 0 atom stereocenters. The summed E-state index contributed by atoms with van der Waals surface area (Å²) in [6, 6.07) is 2.28. The largest absolute Gasteiger partial charge is 0.349 e. The Kier molecular flexibility index (Phi) is 4.17. The highest BCUT2D eigenvalue weighted by Crippen LogP contribution is 2.28. The second kappa shape index (κ2) is 5.42. The van der Waals surface area contributed by atoms with Gasteiger partial charge in [0.15, 0.2) is 5.82 Å². The first-order valence-electron chi connectivity index (χ1n) is 6.01. The minimum absolute atomic E-state index is 0.00816. The van der Waals surface area contributed by atoms with Gasteiger partial charge in [-0.1, -0.05) is 22.9 Å². The fraction of sp³-hybridized carbons (Fsp3) is 0.417. The highest BCUT2D eigenvalue weighted by Gasteiger charge is 2.29. The molecule has 0 radical (unpaired) electrons. The monoisotopic (exact) mass is 364 g/mol. The predicted octanol–water partition coefficient (Wildman–Crippen LogP) is 1.76. The second-order valence-electron chi connectivity index (χ2n) is 5.06. The number of nitrogens with one attached hydrogen (secondary N) is 1. The maximum atomic E-state index is 14.1. The van der Waals surface area contributed by atoms with Crippen LogP contribution in [-0.4, -0.2) is 20.4 Å². The van der Waals surface area contributed by atoms with Gasteiger partial charge in [0, 0.05) is 10.5 Å². The van der Waals surface area contributed by atoms with E-state index in [9.17, 15) is 17.6 Å². The molecule has 0 aromatic heterocycles. The lowest BCUT2D eigenvalue weighted by atomic mass is 9.82. The van der Waals surface area contributed by atoms with Crippen molar-refractivity contribution >= 4 is 31.9 Å². The number of hydrogen-bond acceptors (Lipinski definition) is 3. The molecule has 1 saturated carbocycles. The van der Waals surface area contributed by atoms with Crippen LogP contribution in [0.25, 0.3) is 0 Å². The van der Waals surface area contributed by atoms with Crippen LogP contribution in [0.1, 0.15) is 30.1 Å². The van der Waals surface area contributed by atoms with Crippen molar-refractivity contribution in [2.24, 2.45) is 11.1 Å². The summed E-state index contributed by atoms with van der Waals surface area (Å²) in [5, 5.41) is 7.61. The number of primary sulfonamides is 1. The zero-order chi connectivity index (χ0) is 15.1. The summed E-state index contributed by atoms with van der Waals surface area (Å²) in [6.45, 7) is 2.06. The third-order valence-electron chi connectivity index (χ3n) is 3.26. The van der Waals surface area contributed by atoms with E-state index in [4.69, 9.17) is 5.14 Å². The number of carbonyl (C=O) groups excluding carboxylic acids is 1. The van der Waals surface area contributed by atoms with Gasteiger partial charge in [-0.15, -0.1) is 0 Å². The number of rotatable bonds is 3. The van der Waals surface area contributed by atoms with E-state index in [2.05, 4.69) is 28.2 Å². The average Bonchev–Trinajstić information content (AvgIpc) is 2.28. The molecule has 1 aliphatic carbocycles. The van der Waals surface area contributed by atoms with Crippen molar-refractivity contribution in [2.75, 3.05) is 0 Å². The van der Waals surface area contributed by atoms with Crippen LogP contribution in [-0.2, 0) is 10.0 Å². The Morgan fingerprint density at radius 2 is 2.05 bits per heavy atom. The molecule has 20 heavy (non-hydrogen) atoms. The van der Waals surface area contributed by atoms with Crippen molar-refractivity contribution in [1.82, 2.24) is 5.32 Å². The molecule has 0 unspecified atom stereocenters. The van der Waals surface area contributed by atoms with Crippen LogP contribution < -0.4 is 10.5 Å². The maximum Gasteiger partial charge on any atom is 0.254 e. The first kappa shape index (κ1) is 15.4. The van der Waals surface area contributed by atoms with Crippen molar-refractivity contribution in [1.29, 1.82) is 0 Å².